The topological polar surface area (TPSA) is 88.0 Å². The van der Waals surface area contributed by atoms with Crippen molar-refractivity contribution < 1.29 is 9.90 Å². The van der Waals surface area contributed by atoms with Crippen LogP contribution in [0.25, 0.3) is 0 Å². The maximum atomic E-state index is 10.7. The second-order valence-corrected chi connectivity index (χ2v) is 3.64. The van der Waals surface area contributed by atoms with Crippen molar-refractivity contribution in [3.63, 3.8) is 0 Å². The van der Waals surface area contributed by atoms with E-state index in [4.69, 9.17) is 10.8 Å². The van der Waals surface area contributed by atoms with Gasteiger partial charge in [0.1, 0.15) is 0 Å². The summed E-state index contributed by atoms with van der Waals surface area (Å²) in [5.74, 6) is -0.961. The summed E-state index contributed by atoms with van der Waals surface area (Å²) in [4.78, 5) is 10.7. The molecule has 5 nitrogen and oxygen atoms in total. The SMILES string of the molecule is Nc1ccc(N=Nc2ccc(C(=O)O)cc2)cc1.[Na]. The molecule has 0 saturated heterocycles. The predicted octanol–water partition coefficient (Wildman–Crippen LogP) is 3.00. The molecule has 0 aliphatic rings. The summed E-state index contributed by atoms with van der Waals surface area (Å²) in [6.07, 6.45) is 0. The van der Waals surface area contributed by atoms with E-state index in [2.05, 4.69) is 10.2 Å². The molecule has 0 unspecified atom stereocenters. The number of hydrogen-bond acceptors (Lipinski definition) is 4. The number of aromatic carboxylic acids is 1. The average Bonchev–Trinajstić information content (AvgIpc) is 2.38. The molecule has 0 atom stereocenters. The zero-order valence-corrected chi connectivity index (χ0v) is 12.4. The molecule has 0 amide bonds. The summed E-state index contributed by atoms with van der Waals surface area (Å²) >= 11 is 0. The van der Waals surface area contributed by atoms with Crippen molar-refractivity contribution in [1.29, 1.82) is 0 Å². The molecule has 6 heteroatoms. The Hall–Kier alpha value is -1.69. The number of carboxylic acids is 1. The fraction of sp³-hybridized carbons (Fsp3) is 0. The van der Waals surface area contributed by atoms with Gasteiger partial charge in [-0.25, -0.2) is 4.79 Å². The molecular formula is C13H11N3NaO2. The Balaban J connectivity index is 0.00000180. The van der Waals surface area contributed by atoms with Crippen LogP contribution in [-0.2, 0) is 0 Å². The first-order valence-corrected chi connectivity index (χ1v) is 5.26. The second kappa shape index (κ2) is 7.04. The first-order chi connectivity index (χ1) is 8.65. The molecule has 3 N–H and O–H groups in total. The number of azo groups is 1. The average molecular weight is 264 g/mol. The Morgan fingerprint density at radius 1 is 0.895 bits per heavy atom. The smallest absolute Gasteiger partial charge is 0.335 e. The Kier molecular flexibility index (Phi) is 5.69. The van der Waals surface area contributed by atoms with Crippen LogP contribution in [0.5, 0.6) is 0 Å². The fourth-order valence-electron chi connectivity index (χ4n) is 1.33. The third kappa shape index (κ3) is 4.48. The molecule has 0 aliphatic carbocycles. The van der Waals surface area contributed by atoms with E-state index in [9.17, 15) is 4.79 Å². The number of rotatable bonds is 3. The van der Waals surface area contributed by atoms with Crippen molar-refractivity contribution in [2.75, 3.05) is 5.73 Å². The molecule has 0 bridgehead atoms. The van der Waals surface area contributed by atoms with Crippen LogP contribution >= 0.6 is 0 Å². The summed E-state index contributed by atoms with van der Waals surface area (Å²) in [5, 5.41) is 16.8. The van der Waals surface area contributed by atoms with E-state index >= 15 is 0 Å². The Morgan fingerprint density at radius 2 is 1.32 bits per heavy atom. The van der Waals surface area contributed by atoms with Crippen LogP contribution in [0, 0.1) is 0 Å². The van der Waals surface area contributed by atoms with Gasteiger partial charge in [-0.1, -0.05) is 0 Å². The molecule has 19 heavy (non-hydrogen) atoms. The van der Waals surface area contributed by atoms with Gasteiger partial charge in [-0.2, -0.15) is 10.2 Å². The van der Waals surface area contributed by atoms with Crippen LogP contribution in [-0.4, -0.2) is 40.6 Å². The number of nitrogen functional groups attached to an aromatic ring is 1. The monoisotopic (exact) mass is 264 g/mol. The van der Waals surface area contributed by atoms with Gasteiger partial charge in [0.25, 0.3) is 0 Å². The Labute approximate surface area is 132 Å². The van der Waals surface area contributed by atoms with Crippen LogP contribution < -0.4 is 5.73 Å². The van der Waals surface area contributed by atoms with Gasteiger partial charge < -0.3 is 10.8 Å². The van der Waals surface area contributed by atoms with Gasteiger partial charge in [0.05, 0.1) is 16.9 Å². The summed E-state index contributed by atoms with van der Waals surface area (Å²) < 4.78 is 0. The zero-order valence-electron chi connectivity index (χ0n) is 10.4. The molecule has 0 heterocycles. The van der Waals surface area contributed by atoms with Crippen molar-refractivity contribution in [1.82, 2.24) is 0 Å². The first-order valence-electron chi connectivity index (χ1n) is 5.26. The largest absolute Gasteiger partial charge is 0.478 e. The molecule has 2 rings (SSSR count). The molecule has 0 saturated carbocycles. The molecule has 91 valence electrons. The summed E-state index contributed by atoms with van der Waals surface area (Å²) in [5.41, 5.74) is 7.72. The zero-order chi connectivity index (χ0) is 13.0. The van der Waals surface area contributed by atoms with E-state index in [0.717, 1.165) is 0 Å². The maximum Gasteiger partial charge on any atom is 0.335 e. The number of nitrogens with two attached hydrogens (primary N) is 1. The third-order valence-corrected chi connectivity index (χ3v) is 2.29. The number of hydrogen-bond donors (Lipinski definition) is 2. The van der Waals surface area contributed by atoms with Gasteiger partial charge >= 0.3 is 5.97 Å². The van der Waals surface area contributed by atoms with Gasteiger partial charge in [-0.15, -0.1) is 0 Å². The quantitative estimate of drug-likeness (QED) is 0.507. The molecule has 0 aliphatic heterocycles. The molecule has 2 aromatic carbocycles. The summed E-state index contributed by atoms with van der Waals surface area (Å²) in [6.45, 7) is 0. The van der Waals surface area contributed by atoms with Crippen molar-refractivity contribution in [2.45, 2.75) is 0 Å². The minimum Gasteiger partial charge on any atom is -0.478 e. The second-order valence-electron chi connectivity index (χ2n) is 3.64. The van der Waals surface area contributed by atoms with Crippen molar-refractivity contribution >= 4 is 52.6 Å². The first kappa shape index (κ1) is 15.4. The van der Waals surface area contributed by atoms with Gasteiger partial charge in [-0.3, -0.25) is 0 Å². The van der Waals surface area contributed by atoms with Crippen LogP contribution in [0.15, 0.2) is 58.8 Å². The van der Waals surface area contributed by atoms with Crippen LogP contribution in [0.3, 0.4) is 0 Å². The Bertz CT molecular complexity index is 580. The number of anilines is 1. The van der Waals surface area contributed by atoms with Crippen LogP contribution in [0.4, 0.5) is 17.1 Å². The van der Waals surface area contributed by atoms with Gasteiger partial charge in [0, 0.05) is 35.2 Å². The number of benzene rings is 2. The number of nitrogens with zero attached hydrogens (tertiary/aromatic N) is 2. The van der Waals surface area contributed by atoms with E-state index in [1.54, 1.807) is 36.4 Å². The van der Waals surface area contributed by atoms with Crippen molar-refractivity contribution in [3.05, 3.63) is 54.1 Å². The minimum absolute atomic E-state index is 0. The standard InChI is InChI=1S/C13H11N3O2.Na/c14-10-3-7-12(8-4-10)16-15-11-5-1-9(2-6-11)13(17)18;/h1-8H,14H2,(H,17,18);. The molecule has 2 aromatic rings. The van der Waals surface area contributed by atoms with E-state index in [0.29, 0.717) is 17.1 Å². The molecule has 1 radical (unpaired) electrons. The number of carbonyl (C=O) groups is 1. The predicted molar refractivity (Wildman–Crippen MR) is 74.2 cm³/mol. The fourth-order valence-corrected chi connectivity index (χ4v) is 1.33. The molecule has 0 fully saturated rings. The van der Waals surface area contributed by atoms with Gasteiger partial charge in [0.2, 0.25) is 0 Å². The van der Waals surface area contributed by atoms with Gasteiger partial charge in [-0.05, 0) is 48.5 Å². The Morgan fingerprint density at radius 3 is 1.74 bits per heavy atom. The molecular weight excluding hydrogens is 253 g/mol. The molecule has 0 spiro atoms. The van der Waals surface area contributed by atoms with Crippen molar-refractivity contribution in [2.24, 2.45) is 10.2 Å². The minimum atomic E-state index is -0.961. The van der Waals surface area contributed by atoms with Crippen molar-refractivity contribution in [3.8, 4) is 0 Å². The maximum absolute atomic E-state index is 10.7. The molecule has 0 aromatic heterocycles. The third-order valence-electron chi connectivity index (χ3n) is 2.29. The number of carboxylic acid groups (broad SMARTS) is 1. The van der Waals surface area contributed by atoms with E-state index in [1.807, 2.05) is 0 Å². The normalized spacial score (nSPS) is 10.1. The van der Waals surface area contributed by atoms with E-state index < -0.39 is 5.97 Å². The van der Waals surface area contributed by atoms with Crippen LogP contribution in [0.2, 0.25) is 0 Å². The summed E-state index contributed by atoms with van der Waals surface area (Å²) in [6, 6.07) is 13.2. The van der Waals surface area contributed by atoms with Crippen LogP contribution in [0.1, 0.15) is 10.4 Å². The van der Waals surface area contributed by atoms with E-state index in [-0.39, 0.29) is 35.1 Å². The van der Waals surface area contributed by atoms with Gasteiger partial charge in [0.15, 0.2) is 0 Å². The van der Waals surface area contributed by atoms with E-state index in [1.165, 1.54) is 12.1 Å². The summed E-state index contributed by atoms with van der Waals surface area (Å²) in [7, 11) is 0.